The Morgan fingerprint density at radius 1 is 0.680 bits per heavy atom. The molecule has 0 saturated heterocycles. The second-order valence-corrected chi connectivity index (χ2v) is 7.60. The summed E-state index contributed by atoms with van der Waals surface area (Å²) in [7, 11) is -0.429. The lowest BCUT2D eigenvalue weighted by atomic mass is 10.3. The first-order valence-electron chi connectivity index (χ1n) is 7.58. The maximum Gasteiger partial charge on any atom is 0.223 e. The molecular weight excluding hydrogens is 340 g/mol. The van der Waals surface area contributed by atoms with E-state index in [4.69, 9.17) is 0 Å². The lowest BCUT2D eigenvalue weighted by molar-refractivity contribution is -0.117. The molecule has 0 spiro atoms. The molecule has 0 aliphatic rings. The Morgan fingerprint density at radius 2 is 0.960 bits per heavy atom. The molecule has 0 radical (unpaired) electrons. The van der Waals surface area contributed by atoms with Crippen LogP contribution in [-0.4, -0.2) is 34.3 Å². The fourth-order valence-electron chi connectivity index (χ4n) is 2.20. The minimum Gasteiger partial charge on any atom is -0.316 e. The SMILES string of the molecule is CC(=O)N(C)c1ccc(S(=O)(=O)c2ccc(N(C)C(C)=O)cc2)cc1. The number of hydrogen-bond donors (Lipinski definition) is 0. The van der Waals surface area contributed by atoms with Gasteiger partial charge in [-0.25, -0.2) is 8.42 Å². The molecule has 2 aromatic carbocycles. The lowest BCUT2D eigenvalue weighted by Crippen LogP contribution is -2.22. The highest BCUT2D eigenvalue weighted by atomic mass is 32.2. The predicted octanol–water partition coefficient (Wildman–Crippen LogP) is 2.48. The van der Waals surface area contributed by atoms with E-state index in [0.717, 1.165) is 0 Å². The molecule has 0 atom stereocenters. The van der Waals surface area contributed by atoms with Crippen molar-refractivity contribution in [3.63, 3.8) is 0 Å². The van der Waals surface area contributed by atoms with E-state index in [0.29, 0.717) is 11.4 Å². The third kappa shape index (κ3) is 3.88. The summed E-state index contributed by atoms with van der Waals surface area (Å²) in [6, 6.07) is 12.2. The van der Waals surface area contributed by atoms with Crippen LogP contribution < -0.4 is 9.80 Å². The van der Waals surface area contributed by atoms with Gasteiger partial charge in [-0.3, -0.25) is 9.59 Å². The van der Waals surface area contributed by atoms with Gasteiger partial charge in [-0.15, -0.1) is 0 Å². The maximum atomic E-state index is 12.7. The Labute approximate surface area is 147 Å². The van der Waals surface area contributed by atoms with Crippen molar-refractivity contribution in [2.45, 2.75) is 23.6 Å². The number of carbonyl (C=O) groups is 2. The van der Waals surface area contributed by atoms with E-state index in [1.807, 2.05) is 0 Å². The minimum atomic E-state index is -3.67. The normalized spacial score (nSPS) is 11.0. The number of hydrogen-bond acceptors (Lipinski definition) is 4. The van der Waals surface area contributed by atoms with Gasteiger partial charge in [0.05, 0.1) is 9.79 Å². The van der Waals surface area contributed by atoms with Crippen LogP contribution in [0.3, 0.4) is 0 Å². The Balaban J connectivity index is 2.32. The largest absolute Gasteiger partial charge is 0.316 e. The summed E-state index contributed by atoms with van der Waals surface area (Å²) in [6.07, 6.45) is 0. The van der Waals surface area contributed by atoms with E-state index >= 15 is 0 Å². The van der Waals surface area contributed by atoms with Gasteiger partial charge in [0, 0.05) is 39.3 Å². The molecule has 25 heavy (non-hydrogen) atoms. The third-order valence-corrected chi connectivity index (χ3v) is 5.80. The Kier molecular flexibility index (Phi) is 5.27. The van der Waals surface area contributed by atoms with E-state index in [1.165, 1.54) is 47.9 Å². The van der Waals surface area contributed by atoms with E-state index in [2.05, 4.69) is 0 Å². The van der Waals surface area contributed by atoms with E-state index in [9.17, 15) is 18.0 Å². The van der Waals surface area contributed by atoms with Gasteiger partial charge >= 0.3 is 0 Å². The molecule has 0 unspecified atom stereocenters. The number of anilines is 2. The summed E-state index contributed by atoms with van der Waals surface area (Å²) in [5.74, 6) is -0.276. The van der Waals surface area contributed by atoms with Crippen molar-refractivity contribution in [1.82, 2.24) is 0 Å². The van der Waals surface area contributed by atoms with Crippen molar-refractivity contribution >= 4 is 33.0 Å². The number of amides is 2. The Hall–Kier alpha value is -2.67. The Bertz CT molecular complexity index is 818. The van der Waals surface area contributed by atoms with Gasteiger partial charge < -0.3 is 9.80 Å². The van der Waals surface area contributed by atoms with Crippen molar-refractivity contribution < 1.29 is 18.0 Å². The highest BCUT2D eigenvalue weighted by Gasteiger charge is 2.18. The van der Waals surface area contributed by atoms with Crippen molar-refractivity contribution in [2.24, 2.45) is 0 Å². The average Bonchev–Trinajstić information content (AvgIpc) is 2.60. The molecule has 6 nitrogen and oxygen atoms in total. The van der Waals surface area contributed by atoms with Gasteiger partial charge in [-0.05, 0) is 48.5 Å². The first kappa shape index (κ1) is 18.7. The number of carbonyl (C=O) groups excluding carboxylic acids is 2. The summed E-state index contributed by atoms with van der Waals surface area (Å²) in [6.45, 7) is 2.87. The molecule has 2 amide bonds. The molecule has 2 aromatic rings. The van der Waals surface area contributed by atoms with Gasteiger partial charge in [-0.2, -0.15) is 0 Å². The van der Waals surface area contributed by atoms with Gasteiger partial charge in [0.1, 0.15) is 0 Å². The van der Waals surface area contributed by atoms with Crippen LogP contribution >= 0.6 is 0 Å². The molecule has 0 bridgehead atoms. The fourth-order valence-corrected chi connectivity index (χ4v) is 3.46. The number of nitrogens with zero attached hydrogens (tertiary/aromatic N) is 2. The van der Waals surface area contributed by atoms with Crippen LogP contribution in [0.25, 0.3) is 0 Å². The van der Waals surface area contributed by atoms with E-state index in [1.54, 1.807) is 38.4 Å². The van der Waals surface area contributed by atoms with Crippen molar-refractivity contribution in [3.8, 4) is 0 Å². The Morgan fingerprint density at radius 3 is 1.20 bits per heavy atom. The summed E-state index contributed by atoms with van der Waals surface area (Å²) >= 11 is 0. The monoisotopic (exact) mass is 360 g/mol. The molecule has 0 saturated carbocycles. The summed E-state index contributed by atoms with van der Waals surface area (Å²) < 4.78 is 25.4. The van der Waals surface area contributed by atoms with Crippen molar-refractivity contribution in [3.05, 3.63) is 48.5 Å². The second-order valence-electron chi connectivity index (χ2n) is 5.65. The van der Waals surface area contributed by atoms with Gasteiger partial charge in [-0.1, -0.05) is 0 Å². The molecular formula is C18H20N2O4S. The average molecular weight is 360 g/mol. The maximum absolute atomic E-state index is 12.7. The van der Waals surface area contributed by atoms with E-state index in [-0.39, 0.29) is 21.6 Å². The third-order valence-electron chi connectivity index (χ3n) is 4.01. The first-order valence-corrected chi connectivity index (χ1v) is 9.06. The van der Waals surface area contributed by atoms with Crippen molar-refractivity contribution in [1.29, 1.82) is 0 Å². The van der Waals surface area contributed by atoms with Crippen LogP contribution in [0.2, 0.25) is 0 Å². The lowest BCUT2D eigenvalue weighted by Gasteiger charge is -2.16. The molecule has 7 heteroatoms. The molecule has 0 aliphatic heterocycles. The number of rotatable bonds is 4. The molecule has 2 rings (SSSR count). The molecule has 0 aliphatic carbocycles. The first-order chi connectivity index (χ1) is 11.6. The zero-order valence-corrected chi connectivity index (χ0v) is 15.4. The van der Waals surface area contributed by atoms with Crippen LogP contribution in [-0.2, 0) is 19.4 Å². The molecule has 0 aromatic heterocycles. The highest BCUT2D eigenvalue weighted by molar-refractivity contribution is 7.91. The van der Waals surface area contributed by atoms with Crippen LogP contribution in [0.1, 0.15) is 13.8 Å². The van der Waals surface area contributed by atoms with Gasteiger partial charge in [0.2, 0.25) is 21.7 Å². The summed E-state index contributed by atoms with van der Waals surface area (Å²) in [5.41, 5.74) is 1.23. The standard InChI is InChI=1S/C18H20N2O4S/c1-13(21)19(3)15-5-9-17(10-6-15)25(23,24)18-11-7-16(8-12-18)20(4)14(2)22/h5-12H,1-4H3. The molecule has 0 heterocycles. The van der Waals surface area contributed by atoms with Crippen LogP contribution in [0.15, 0.2) is 58.3 Å². The molecule has 132 valence electrons. The smallest absolute Gasteiger partial charge is 0.223 e. The molecule has 0 fully saturated rings. The summed E-state index contributed by atoms with van der Waals surface area (Å²) in [5, 5.41) is 0. The van der Waals surface area contributed by atoms with Crippen LogP contribution in [0.4, 0.5) is 11.4 Å². The number of sulfone groups is 1. The number of benzene rings is 2. The van der Waals surface area contributed by atoms with Gasteiger partial charge in [0.15, 0.2) is 0 Å². The quantitative estimate of drug-likeness (QED) is 0.839. The molecule has 0 N–H and O–H groups in total. The minimum absolute atomic E-state index is 0.138. The fraction of sp³-hybridized carbons (Fsp3) is 0.222. The second kappa shape index (κ2) is 7.06. The van der Waals surface area contributed by atoms with Crippen LogP contribution in [0, 0.1) is 0 Å². The van der Waals surface area contributed by atoms with E-state index < -0.39 is 9.84 Å². The topological polar surface area (TPSA) is 74.8 Å². The zero-order valence-electron chi connectivity index (χ0n) is 14.6. The van der Waals surface area contributed by atoms with Crippen molar-refractivity contribution in [2.75, 3.05) is 23.9 Å². The predicted molar refractivity (Wildman–Crippen MR) is 96.5 cm³/mol. The zero-order chi connectivity index (χ0) is 18.8. The summed E-state index contributed by atoms with van der Waals surface area (Å²) in [4.78, 5) is 25.9. The highest BCUT2D eigenvalue weighted by Crippen LogP contribution is 2.25. The van der Waals surface area contributed by atoms with Gasteiger partial charge in [0.25, 0.3) is 0 Å². The van der Waals surface area contributed by atoms with Crippen LogP contribution in [0.5, 0.6) is 0 Å².